The molecule has 0 saturated heterocycles. The van der Waals surface area contributed by atoms with Crippen LogP contribution in [0.2, 0.25) is 0 Å². The van der Waals surface area contributed by atoms with Gasteiger partial charge in [-0.05, 0) is 47.7 Å². The molecule has 0 fully saturated rings. The summed E-state index contributed by atoms with van der Waals surface area (Å²) in [7, 11) is 3.98. The average Bonchev–Trinajstić information content (AvgIpc) is 2.62. The van der Waals surface area contributed by atoms with Gasteiger partial charge in [-0.15, -0.1) is 0 Å². The molecule has 0 atom stereocenters. The SMILES string of the molecule is CC(C)c1ccc(NC(=O)C(=O)NCCc2ccc(N(C)C)cc2)cc1. The molecule has 26 heavy (non-hydrogen) atoms. The lowest BCUT2D eigenvalue weighted by Crippen LogP contribution is -2.36. The Morgan fingerprint density at radius 1 is 0.923 bits per heavy atom. The third kappa shape index (κ3) is 5.62. The first kappa shape index (κ1) is 19.5. The normalized spacial score (nSPS) is 10.5. The number of carbonyl (C=O) groups excluding carboxylic acids is 2. The van der Waals surface area contributed by atoms with Crippen molar-refractivity contribution in [2.24, 2.45) is 0 Å². The van der Waals surface area contributed by atoms with Gasteiger partial charge in [0.15, 0.2) is 0 Å². The van der Waals surface area contributed by atoms with Crippen LogP contribution in [0.3, 0.4) is 0 Å². The third-order valence-electron chi connectivity index (χ3n) is 4.19. The van der Waals surface area contributed by atoms with E-state index in [0.29, 0.717) is 24.6 Å². The smallest absolute Gasteiger partial charge is 0.313 e. The summed E-state index contributed by atoms with van der Waals surface area (Å²) in [5.74, 6) is -0.844. The maximum atomic E-state index is 12.0. The van der Waals surface area contributed by atoms with Crippen LogP contribution in [-0.2, 0) is 16.0 Å². The van der Waals surface area contributed by atoms with Gasteiger partial charge in [0.05, 0.1) is 0 Å². The van der Waals surface area contributed by atoms with Crippen LogP contribution in [0.5, 0.6) is 0 Å². The largest absolute Gasteiger partial charge is 0.378 e. The number of amides is 2. The van der Waals surface area contributed by atoms with Gasteiger partial charge in [-0.1, -0.05) is 38.1 Å². The highest BCUT2D eigenvalue weighted by atomic mass is 16.2. The monoisotopic (exact) mass is 353 g/mol. The first-order valence-electron chi connectivity index (χ1n) is 8.82. The predicted molar refractivity (Wildman–Crippen MR) is 107 cm³/mol. The fourth-order valence-electron chi connectivity index (χ4n) is 2.50. The summed E-state index contributed by atoms with van der Waals surface area (Å²) in [6.07, 6.45) is 0.676. The Morgan fingerprint density at radius 3 is 2.08 bits per heavy atom. The second kappa shape index (κ2) is 9.04. The first-order chi connectivity index (χ1) is 12.4. The number of hydrogen-bond donors (Lipinski definition) is 2. The molecule has 0 spiro atoms. The van der Waals surface area contributed by atoms with E-state index in [1.54, 1.807) is 0 Å². The average molecular weight is 353 g/mol. The van der Waals surface area contributed by atoms with Crippen molar-refractivity contribution in [3.63, 3.8) is 0 Å². The van der Waals surface area contributed by atoms with Crippen molar-refractivity contribution in [3.8, 4) is 0 Å². The second-order valence-electron chi connectivity index (χ2n) is 6.80. The predicted octanol–water partition coefficient (Wildman–Crippen LogP) is 3.17. The topological polar surface area (TPSA) is 61.4 Å². The van der Waals surface area contributed by atoms with Crippen molar-refractivity contribution in [1.29, 1.82) is 0 Å². The summed E-state index contributed by atoms with van der Waals surface area (Å²) < 4.78 is 0. The fraction of sp³-hybridized carbons (Fsp3) is 0.333. The quantitative estimate of drug-likeness (QED) is 0.784. The van der Waals surface area contributed by atoms with E-state index in [0.717, 1.165) is 11.3 Å². The lowest BCUT2D eigenvalue weighted by atomic mass is 10.0. The van der Waals surface area contributed by atoms with Crippen molar-refractivity contribution in [2.75, 3.05) is 30.9 Å². The van der Waals surface area contributed by atoms with E-state index in [1.165, 1.54) is 5.56 Å². The molecule has 0 radical (unpaired) electrons. The summed E-state index contributed by atoms with van der Waals surface area (Å²) in [6, 6.07) is 15.6. The Balaban J connectivity index is 1.78. The summed E-state index contributed by atoms with van der Waals surface area (Å²) in [4.78, 5) is 25.9. The molecule has 0 aromatic heterocycles. The number of carbonyl (C=O) groups is 2. The zero-order valence-electron chi connectivity index (χ0n) is 15.9. The van der Waals surface area contributed by atoms with Crippen LogP contribution in [-0.4, -0.2) is 32.5 Å². The number of hydrogen-bond acceptors (Lipinski definition) is 3. The van der Waals surface area contributed by atoms with E-state index >= 15 is 0 Å². The Morgan fingerprint density at radius 2 is 1.54 bits per heavy atom. The van der Waals surface area contributed by atoms with E-state index in [-0.39, 0.29) is 0 Å². The molecule has 0 saturated carbocycles. The zero-order valence-corrected chi connectivity index (χ0v) is 15.9. The molecule has 5 nitrogen and oxygen atoms in total. The maximum absolute atomic E-state index is 12.0. The minimum atomic E-state index is -0.648. The molecule has 2 amide bonds. The third-order valence-corrected chi connectivity index (χ3v) is 4.19. The van der Waals surface area contributed by atoms with Crippen molar-refractivity contribution >= 4 is 23.2 Å². The van der Waals surface area contributed by atoms with Gasteiger partial charge in [-0.25, -0.2) is 0 Å². The molecular weight excluding hydrogens is 326 g/mol. The molecule has 2 rings (SSSR count). The van der Waals surface area contributed by atoms with Crippen LogP contribution < -0.4 is 15.5 Å². The molecule has 0 aliphatic heterocycles. The van der Waals surface area contributed by atoms with Crippen LogP contribution >= 0.6 is 0 Å². The van der Waals surface area contributed by atoms with E-state index in [1.807, 2.05) is 67.5 Å². The van der Waals surface area contributed by atoms with E-state index in [9.17, 15) is 9.59 Å². The van der Waals surface area contributed by atoms with Gasteiger partial charge in [0.25, 0.3) is 0 Å². The highest BCUT2D eigenvalue weighted by Gasteiger charge is 2.13. The minimum Gasteiger partial charge on any atom is -0.378 e. The summed E-state index contributed by atoms with van der Waals surface area (Å²) in [5, 5.41) is 5.28. The van der Waals surface area contributed by atoms with Crippen LogP contribution in [0.1, 0.15) is 30.9 Å². The molecule has 0 unspecified atom stereocenters. The van der Waals surface area contributed by atoms with Gasteiger partial charge in [0.2, 0.25) is 0 Å². The molecule has 0 heterocycles. The molecule has 5 heteroatoms. The van der Waals surface area contributed by atoms with E-state index < -0.39 is 11.8 Å². The Kier molecular flexibility index (Phi) is 6.78. The van der Waals surface area contributed by atoms with Crippen molar-refractivity contribution in [2.45, 2.75) is 26.2 Å². The van der Waals surface area contributed by atoms with Gasteiger partial charge in [-0.2, -0.15) is 0 Å². The van der Waals surface area contributed by atoms with Crippen molar-refractivity contribution in [3.05, 3.63) is 59.7 Å². The highest BCUT2D eigenvalue weighted by molar-refractivity contribution is 6.39. The standard InChI is InChI=1S/C21H27N3O2/c1-15(2)17-7-9-18(10-8-17)23-21(26)20(25)22-14-13-16-5-11-19(12-6-16)24(3)4/h5-12,15H,13-14H2,1-4H3,(H,22,25)(H,23,26). The number of rotatable bonds is 6. The van der Waals surface area contributed by atoms with Gasteiger partial charge in [-0.3, -0.25) is 9.59 Å². The first-order valence-corrected chi connectivity index (χ1v) is 8.82. The van der Waals surface area contributed by atoms with Crippen LogP contribution in [0.4, 0.5) is 11.4 Å². The molecule has 0 aliphatic rings. The molecule has 138 valence electrons. The maximum Gasteiger partial charge on any atom is 0.313 e. The van der Waals surface area contributed by atoms with Crippen molar-refractivity contribution < 1.29 is 9.59 Å². The number of anilines is 2. The van der Waals surface area contributed by atoms with Crippen LogP contribution in [0.15, 0.2) is 48.5 Å². The minimum absolute atomic E-state index is 0.417. The second-order valence-corrected chi connectivity index (χ2v) is 6.80. The van der Waals surface area contributed by atoms with Crippen LogP contribution in [0, 0.1) is 0 Å². The number of benzene rings is 2. The summed E-state index contributed by atoms with van der Waals surface area (Å²) >= 11 is 0. The molecule has 2 N–H and O–H groups in total. The Labute approximate surface area is 155 Å². The van der Waals surface area contributed by atoms with E-state index in [2.05, 4.69) is 24.5 Å². The van der Waals surface area contributed by atoms with Gasteiger partial charge in [0, 0.05) is 32.0 Å². The molecule has 0 aliphatic carbocycles. The molecule has 2 aromatic rings. The van der Waals surface area contributed by atoms with Gasteiger partial charge < -0.3 is 15.5 Å². The van der Waals surface area contributed by atoms with Gasteiger partial charge in [0.1, 0.15) is 0 Å². The lowest BCUT2D eigenvalue weighted by Gasteiger charge is -2.12. The van der Waals surface area contributed by atoms with Crippen LogP contribution in [0.25, 0.3) is 0 Å². The van der Waals surface area contributed by atoms with Gasteiger partial charge >= 0.3 is 11.8 Å². The summed E-state index contributed by atoms with van der Waals surface area (Å²) in [6.45, 7) is 4.63. The van der Waals surface area contributed by atoms with Crippen molar-refractivity contribution in [1.82, 2.24) is 5.32 Å². The number of nitrogens with zero attached hydrogens (tertiary/aromatic N) is 1. The molecule has 0 bridgehead atoms. The molecular formula is C21H27N3O2. The summed E-state index contributed by atoms with van der Waals surface area (Å²) in [5.41, 5.74) is 4.04. The zero-order chi connectivity index (χ0) is 19.1. The Hall–Kier alpha value is -2.82. The fourth-order valence-corrected chi connectivity index (χ4v) is 2.50. The molecule has 2 aromatic carbocycles. The Bertz CT molecular complexity index is 735. The lowest BCUT2D eigenvalue weighted by molar-refractivity contribution is -0.136. The van der Waals surface area contributed by atoms with E-state index in [4.69, 9.17) is 0 Å². The number of nitrogens with one attached hydrogen (secondary N) is 2. The highest BCUT2D eigenvalue weighted by Crippen LogP contribution is 2.17.